The number of nitrogens with one attached hydrogen (secondary N) is 1. The van der Waals surface area contributed by atoms with Gasteiger partial charge < -0.3 is 4.74 Å². The van der Waals surface area contributed by atoms with Gasteiger partial charge in [0.2, 0.25) is 0 Å². The zero-order valence-electron chi connectivity index (χ0n) is 17.1. The van der Waals surface area contributed by atoms with Gasteiger partial charge in [-0.2, -0.15) is 5.10 Å². The molecule has 5 aromatic rings. The fourth-order valence-corrected chi connectivity index (χ4v) is 3.71. The number of ketones is 1. The van der Waals surface area contributed by atoms with Crippen LogP contribution in [0.4, 0.5) is 4.39 Å². The third-order valence-corrected chi connectivity index (χ3v) is 5.49. The van der Waals surface area contributed by atoms with E-state index in [0.29, 0.717) is 16.7 Å². The molecule has 0 saturated carbocycles. The van der Waals surface area contributed by atoms with E-state index < -0.39 is 11.6 Å². The molecule has 0 atom stereocenters. The molecule has 1 N–H and O–H groups in total. The molecule has 3 aromatic carbocycles. The quantitative estimate of drug-likeness (QED) is 0.334. The van der Waals surface area contributed by atoms with Crippen LogP contribution in [0.15, 0.2) is 79.3 Å². The van der Waals surface area contributed by atoms with Crippen molar-refractivity contribution in [3.63, 3.8) is 0 Å². The molecule has 0 fully saturated rings. The second kappa shape index (κ2) is 8.80. The van der Waals surface area contributed by atoms with Gasteiger partial charge in [-0.1, -0.05) is 41.9 Å². The number of carbonyl (C=O) groups is 1. The number of ether oxygens (including phenoxy) is 1. The highest BCUT2D eigenvalue weighted by molar-refractivity contribution is 6.36. The van der Waals surface area contributed by atoms with Crippen molar-refractivity contribution in [3.05, 3.63) is 107 Å². The summed E-state index contributed by atoms with van der Waals surface area (Å²) in [6.07, 6.45) is 4.95. The Morgan fingerprint density at radius 2 is 1.88 bits per heavy atom. The van der Waals surface area contributed by atoms with Crippen LogP contribution < -0.4 is 4.74 Å². The van der Waals surface area contributed by atoms with E-state index in [1.165, 1.54) is 12.1 Å². The lowest BCUT2D eigenvalue weighted by atomic mass is 10.0. The van der Waals surface area contributed by atoms with Gasteiger partial charge in [0.15, 0.2) is 5.78 Å². The Balaban J connectivity index is 1.48. The second-order valence-corrected chi connectivity index (χ2v) is 7.66. The van der Waals surface area contributed by atoms with Gasteiger partial charge in [0.1, 0.15) is 18.2 Å². The molecule has 0 aliphatic carbocycles. The molecule has 0 bridgehead atoms. The number of halogens is 2. The van der Waals surface area contributed by atoms with E-state index in [-0.39, 0.29) is 28.5 Å². The first-order chi connectivity index (χ1) is 16.1. The van der Waals surface area contributed by atoms with E-state index in [4.69, 9.17) is 16.3 Å². The van der Waals surface area contributed by atoms with Gasteiger partial charge in [-0.15, -0.1) is 0 Å². The van der Waals surface area contributed by atoms with E-state index in [1.807, 2.05) is 30.3 Å². The predicted octanol–water partition coefficient (Wildman–Crippen LogP) is 5.62. The number of aromatic amines is 1. The van der Waals surface area contributed by atoms with Gasteiger partial charge in [0.25, 0.3) is 0 Å². The number of benzene rings is 3. The molecule has 0 aliphatic rings. The Hall–Kier alpha value is -4.10. The minimum Gasteiger partial charge on any atom is -0.487 e. The molecule has 5 rings (SSSR count). The standard InChI is InChI=1S/C25H16ClFN4O2/c26-24-22(33-14-15-4-2-1-3-5-15)9-7-18(27)23(24)25(32)16-6-8-19-20(10-16)31-21(13-28-19)17-11-29-30-12-17/h1-13H,14H2,(H,29,30). The molecule has 33 heavy (non-hydrogen) atoms. The Morgan fingerprint density at radius 1 is 1.03 bits per heavy atom. The number of fused-ring (bicyclic) bond motifs is 1. The molecular weight excluding hydrogens is 443 g/mol. The first-order valence-electron chi connectivity index (χ1n) is 10.1. The minimum atomic E-state index is -0.726. The first-order valence-corrected chi connectivity index (χ1v) is 10.4. The van der Waals surface area contributed by atoms with Crippen molar-refractivity contribution in [2.75, 3.05) is 0 Å². The van der Waals surface area contributed by atoms with E-state index in [9.17, 15) is 9.18 Å². The van der Waals surface area contributed by atoms with Crippen LogP contribution in [0.25, 0.3) is 22.3 Å². The van der Waals surface area contributed by atoms with Crippen LogP contribution in [0.3, 0.4) is 0 Å². The number of rotatable bonds is 6. The van der Waals surface area contributed by atoms with Crippen LogP contribution in [0.1, 0.15) is 21.5 Å². The third kappa shape index (κ3) is 4.18. The molecule has 0 unspecified atom stereocenters. The molecule has 6 nitrogen and oxygen atoms in total. The number of carbonyl (C=O) groups excluding carboxylic acids is 1. The highest BCUT2D eigenvalue weighted by atomic mass is 35.5. The van der Waals surface area contributed by atoms with Gasteiger partial charge in [0, 0.05) is 17.3 Å². The van der Waals surface area contributed by atoms with Gasteiger partial charge in [-0.25, -0.2) is 9.37 Å². The average Bonchev–Trinajstić information content (AvgIpc) is 3.38. The Labute approximate surface area is 193 Å². The molecule has 2 aromatic heterocycles. The summed E-state index contributed by atoms with van der Waals surface area (Å²) in [7, 11) is 0. The van der Waals surface area contributed by atoms with Crippen molar-refractivity contribution in [2.24, 2.45) is 0 Å². The topological polar surface area (TPSA) is 80.8 Å². The third-order valence-electron chi connectivity index (χ3n) is 5.12. The van der Waals surface area contributed by atoms with Crippen LogP contribution in [0, 0.1) is 5.82 Å². The SMILES string of the molecule is O=C(c1ccc2ncc(-c3cn[nH]c3)nc2c1)c1c(F)ccc(OCc2ccccc2)c1Cl. The minimum absolute atomic E-state index is 0.0748. The van der Waals surface area contributed by atoms with Crippen LogP contribution in [-0.2, 0) is 6.61 Å². The van der Waals surface area contributed by atoms with Crippen molar-refractivity contribution in [1.29, 1.82) is 0 Å². The zero-order valence-corrected chi connectivity index (χ0v) is 17.9. The van der Waals surface area contributed by atoms with Crippen LogP contribution in [0.2, 0.25) is 5.02 Å². The number of H-pyrrole nitrogens is 1. The molecule has 162 valence electrons. The summed E-state index contributed by atoms with van der Waals surface area (Å²) < 4.78 is 20.4. The lowest BCUT2D eigenvalue weighted by Gasteiger charge is -2.12. The highest BCUT2D eigenvalue weighted by Gasteiger charge is 2.22. The second-order valence-electron chi connectivity index (χ2n) is 7.28. The number of nitrogens with zero attached hydrogens (tertiary/aromatic N) is 3. The highest BCUT2D eigenvalue weighted by Crippen LogP contribution is 2.33. The van der Waals surface area contributed by atoms with E-state index in [2.05, 4.69) is 20.2 Å². The van der Waals surface area contributed by atoms with Crippen molar-refractivity contribution in [1.82, 2.24) is 20.2 Å². The van der Waals surface area contributed by atoms with E-state index in [1.54, 1.807) is 36.8 Å². The Kier molecular flexibility index (Phi) is 5.54. The first kappa shape index (κ1) is 20.8. The van der Waals surface area contributed by atoms with Crippen molar-refractivity contribution in [2.45, 2.75) is 6.61 Å². The van der Waals surface area contributed by atoms with Crippen LogP contribution in [-0.4, -0.2) is 25.9 Å². The van der Waals surface area contributed by atoms with Gasteiger partial charge in [0.05, 0.1) is 39.7 Å². The molecule has 0 saturated heterocycles. The molecule has 8 heteroatoms. The molecular formula is C25H16ClFN4O2. The Bertz CT molecular complexity index is 1460. The van der Waals surface area contributed by atoms with Crippen molar-refractivity contribution < 1.29 is 13.9 Å². The molecule has 2 heterocycles. The number of hydrogen-bond acceptors (Lipinski definition) is 5. The summed E-state index contributed by atoms with van der Waals surface area (Å²) in [6.45, 7) is 0.238. The zero-order chi connectivity index (χ0) is 22.8. The molecule has 0 spiro atoms. The maximum absolute atomic E-state index is 14.7. The van der Waals surface area contributed by atoms with Gasteiger partial charge in [-0.3, -0.25) is 14.9 Å². The molecule has 0 amide bonds. The van der Waals surface area contributed by atoms with E-state index >= 15 is 0 Å². The summed E-state index contributed by atoms with van der Waals surface area (Å²) >= 11 is 6.41. The summed E-state index contributed by atoms with van der Waals surface area (Å²) in [5.74, 6) is -1.07. The van der Waals surface area contributed by atoms with Gasteiger partial charge >= 0.3 is 0 Å². The summed E-state index contributed by atoms with van der Waals surface area (Å²) in [5, 5.41) is 6.56. The summed E-state index contributed by atoms with van der Waals surface area (Å²) in [5.41, 5.74) is 3.37. The lowest BCUT2D eigenvalue weighted by Crippen LogP contribution is -2.07. The average molecular weight is 459 g/mol. The normalized spacial score (nSPS) is 11.0. The maximum atomic E-state index is 14.7. The fraction of sp³-hybridized carbons (Fsp3) is 0.0400. The number of hydrogen-bond donors (Lipinski definition) is 1. The lowest BCUT2D eigenvalue weighted by molar-refractivity contribution is 0.103. The Morgan fingerprint density at radius 3 is 2.67 bits per heavy atom. The van der Waals surface area contributed by atoms with Crippen molar-refractivity contribution in [3.8, 4) is 17.0 Å². The van der Waals surface area contributed by atoms with Crippen LogP contribution in [0.5, 0.6) is 5.75 Å². The monoisotopic (exact) mass is 458 g/mol. The van der Waals surface area contributed by atoms with Gasteiger partial charge in [-0.05, 0) is 35.9 Å². The number of aromatic nitrogens is 4. The summed E-state index contributed by atoms with van der Waals surface area (Å²) in [6, 6.07) is 16.9. The largest absolute Gasteiger partial charge is 0.487 e. The smallest absolute Gasteiger partial charge is 0.197 e. The maximum Gasteiger partial charge on any atom is 0.197 e. The fourth-order valence-electron chi connectivity index (χ4n) is 3.42. The van der Waals surface area contributed by atoms with E-state index in [0.717, 1.165) is 11.1 Å². The predicted molar refractivity (Wildman–Crippen MR) is 123 cm³/mol. The summed E-state index contributed by atoms with van der Waals surface area (Å²) in [4.78, 5) is 22.2. The van der Waals surface area contributed by atoms with Crippen LogP contribution >= 0.6 is 11.6 Å². The van der Waals surface area contributed by atoms with Crippen molar-refractivity contribution >= 4 is 28.4 Å². The molecule has 0 radical (unpaired) electrons. The molecule has 0 aliphatic heterocycles.